The average molecular weight is 349 g/mol. The Labute approximate surface area is 145 Å². The first kappa shape index (κ1) is 17.4. The average Bonchev–Trinajstić information content (AvgIpc) is 3.25. The van der Waals surface area contributed by atoms with Crippen molar-refractivity contribution in [2.45, 2.75) is 38.3 Å². The maximum Gasteiger partial charge on any atom is 0.223 e. The highest BCUT2D eigenvalue weighted by atomic mass is 19.1. The highest BCUT2D eigenvalue weighted by Crippen LogP contribution is 2.21. The summed E-state index contributed by atoms with van der Waals surface area (Å²) in [6.07, 6.45) is 6.43. The second kappa shape index (κ2) is 8.09. The van der Waals surface area contributed by atoms with E-state index in [0.29, 0.717) is 19.4 Å². The van der Waals surface area contributed by atoms with Gasteiger partial charge in [0.1, 0.15) is 5.82 Å². The van der Waals surface area contributed by atoms with Crippen molar-refractivity contribution in [1.82, 2.24) is 14.7 Å². The standard InChI is InChI=1S/C18H21F2N3O2/c19-14-6-7-17(16(20)12-14)25-11-2-5-18(24)23-10-1-4-15(23)13-22-9-3-8-21-22/h3,6-9,12,15H,1-2,4-5,10-11,13H2. The molecule has 0 spiro atoms. The van der Waals surface area contributed by atoms with Crippen LogP contribution in [0.4, 0.5) is 8.78 Å². The first-order valence-corrected chi connectivity index (χ1v) is 8.48. The van der Waals surface area contributed by atoms with E-state index in [4.69, 9.17) is 4.74 Å². The number of hydrogen-bond acceptors (Lipinski definition) is 3. The lowest BCUT2D eigenvalue weighted by Gasteiger charge is -2.24. The molecule has 1 fully saturated rings. The van der Waals surface area contributed by atoms with Crippen molar-refractivity contribution in [3.8, 4) is 5.75 Å². The molecule has 0 saturated carbocycles. The Morgan fingerprint density at radius 1 is 1.36 bits per heavy atom. The molecule has 1 aliphatic heterocycles. The number of amides is 1. The summed E-state index contributed by atoms with van der Waals surface area (Å²) in [5.41, 5.74) is 0. The number of hydrogen-bond donors (Lipinski definition) is 0. The monoisotopic (exact) mass is 349 g/mol. The van der Waals surface area contributed by atoms with Crippen molar-refractivity contribution >= 4 is 5.91 Å². The molecule has 0 bridgehead atoms. The highest BCUT2D eigenvalue weighted by molar-refractivity contribution is 5.76. The second-order valence-electron chi connectivity index (χ2n) is 6.14. The van der Waals surface area contributed by atoms with Crippen molar-refractivity contribution in [3.05, 3.63) is 48.3 Å². The smallest absolute Gasteiger partial charge is 0.223 e. The SMILES string of the molecule is O=C(CCCOc1ccc(F)cc1F)N1CCCC1Cn1cccn1. The lowest BCUT2D eigenvalue weighted by Crippen LogP contribution is -2.38. The van der Waals surface area contributed by atoms with Crippen LogP contribution in [0.3, 0.4) is 0 Å². The topological polar surface area (TPSA) is 47.4 Å². The van der Waals surface area contributed by atoms with Gasteiger partial charge in [-0.25, -0.2) is 8.78 Å². The van der Waals surface area contributed by atoms with Gasteiger partial charge in [0.15, 0.2) is 11.6 Å². The molecule has 1 saturated heterocycles. The van der Waals surface area contributed by atoms with Gasteiger partial charge in [0.2, 0.25) is 5.91 Å². The van der Waals surface area contributed by atoms with Crippen LogP contribution in [0.2, 0.25) is 0 Å². The van der Waals surface area contributed by atoms with Gasteiger partial charge in [-0.3, -0.25) is 9.48 Å². The summed E-state index contributed by atoms with van der Waals surface area (Å²) < 4.78 is 33.4. The van der Waals surface area contributed by atoms with Gasteiger partial charge in [-0.05, 0) is 37.5 Å². The largest absolute Gasteiger partial charge is 0.491 e. The second-order valence-corrected chi connectivity index (χ2v) is 6.14. The Balaban J connectivity index is 1.44. The third kappa shape index (κ3) is 4.55. The van der Waals surface area contributed by atoms with E-state index in [0.717, 1.165) is 31.5 Å². The van der Waals surface area contributed by atoms with Crippen molar-refractivity contribution in [1.29, 1.82) is 0 Å². The Kier molecular flexibility index (Phi) is 5.63. The summed E-state index contributed by atoms with van der Waals surface area (Å²) in [6.45, 7) is 1.68. The number of likely N-dealkylation sites (tertiary alicyclic amines) is 1. The minimum absolute atomic E-state index is 0.00609. The van der Waals surface area contributed by atoms with Gasteiger partial charge in [-0.2, -0.15) is 5.10 Å². The molecule has 1 aromatic carbocycles. The molecule has 0 radical (unpaired) electrons. The first-order chi connectivity index (χ1) is 12.1. The van der Waals surface area contributed by atoms with E-state index in [2.05, 4.69) is 5.10 Å². The van der Waals surface area contributed by atoms with Crippen LogP contribution < -0.4 is 4.74 Å². The van der Waals surface area contributed by atoms with E-state index in [1.807, 2.05) is 21.8 Å². The van der Waals surface area contributed by atoms with E-state index in [9.17, 15) is 13.6 Å². The number of halogens is 2. The van der Waals surface area contributed by atoms with Crippen molar-refractivity contribution < 1.29 is 18.3 Å². The molecule has 2 aromatic rings. The quantitative estimate of drug-likeness (QED) is 0.722. The zero-order valence-electron chi connectivity index (χ0n) is 13.9. The third-order valence-corrected chi connectivity index (χ3v) is 4.34. The van der Waals surface area contributed by atoms with E-state index in [1.54, 1.807) is 6.20 Å². The number of benzene rings is 1. The van der Waals surface area contributed by atoms with Gasteiger partial charge in [-0.1, -0.05) is 0 Å². The van der Waals surface area contributed by atoms with Gasteiger partial charge >= 0.3 is 0 Å². The number of carbonyl (C=O) groups excluding carboxylic acids is 1. The third-order valence-electron chi connectivity index (χ3n) is 4.34. The molecular formula is C18H21F2N3O2. The van der Waals surface area contributed by atoms with Crippen LogP contribution in [0.1, 0.15) is 25.7 Å². The maximum absolute atomic E-state index is 13.5. The maximum atomic E-state index is 13.5. The van der Waals surface area contributed by atoms with Crippen molar-refractivity contribution in [3.63, 3.8) is 0 Å². The highest BCUT2D eigenvalue weighted by Gasteiger charge is 2.28. The van der Waals surface area contributed by atoms with Gasteiger partial charge in [0, 0.05) is 31.4 Å². The molecule has 25 heavy (non-hydrogen) atoms. The molecule has 1 aliphatic rings. The summed E-state index contributed by atoms with van der Waals surface area (Å²) >= 11 is 0. The first-order valence-electron chi connectivity index (χ1n) is 8.48. The number of aromatic nitrogens is 2. The van der Waals surface area contributed by atoms with Gasteiger partial charge in [0.25, 0.3) is 0 Å². The molecule has 1 atom stereocenters. The van der Waals surface area contributed by atoms with Crippen LogP contribution in [-0.4, -0.2) is 39.8 Å². The summed E-state index contributed by atoms with van der Waals surface area (Å²) in [4.78, 5) is 14.3. The number of ether oxygens (including phenoxy) is 1. The van der Waals surface area contributed by atoms with Crippen LogP contribution in [0.25, 0.3) is 0 Å². The van der Waals surface area contributed by atoms with Gasteiger partial charge in [0.05, 0.1) is 19.2 Å². The molecule has 0 N–H and O–H groups in total. The van der Waals surface area contributed by atoms with Crippen molar-refractivity contribution in [2.75, 3.05) is 13.2 Å². The number of carbonyl (C=O) groups is 1. The number of nitrogens with zero attached hydrogens (tertiary/aromatic N) is 3. The van der Waals surface area contributed by atoms with E-state index in [1.165, 1.54) is 6.07 Å². The predicted octanol–water partition coefficient (Wildman–Crippen LogP) is 3.01. The fourth-order valence-corrected chi connectivity index (χ4v) is 3.12. The Bertz CT molecular complexity index is 706. The summed E-state index contributed by atoms with van der Waals surface area (Å²) in [5, 5.41) is 4.19. The zero-order valence-corrected chi connectivity index (χ0v) is 13.9. The summed E-state index contributed by atoms with van der Waals surface area (Å²) in [6, 6.07) is 5.22. The normalized spacial score (nSPS) is 17.0. The lowest BCUT2D eigenvalue weighted by atomic mass is 10.2. The van der Waals surface area contributed by atoms with Crippen LogP contribution in [-0.2, 0) is 11.3 Å². The van der Waals surface area contributed by atoms with E-state index >= 15 is 0 Å². The molecular weight excluding hydrogens is 328 g/mol. The summed E-state index contributed by atoms with van der Waals surface area (Å²) in [7, 11) is 0. The van der Waals surface area contributed by atoms with E-state index < -0.39 is 11.6 Å². The molecule has 7 heteroatoms. The van der Waals surface area contributed by atoms with Crippen molar-refractivity contribution in [2.24, 2.45) is 0 Å². The fraction of sp³-hybridized carbons (Fsp3) is 0.444. The molecule has 2 heterocycles. The number of rotatable bonds is 7. The van der Waals surface area contributed by atoms with Gasteiger partial charge < -0.3 is 9.64 Å². The molecule has 1 unspecified atom stereocenters. The molecule has 1 amide bonds. The Morgan fingerprint density at radius 3 is 3.00 bits per heavy atom. The van der Waals surface area contributed by atoms with E-state index in [-0.39, 0.29) is 24.3 Å². The Morgan fingerprint density at radius 2 is 2.24 bits per heavy atom. The molecule has 1 aromatic heterocycles. The van der Waals surface area contributed by atoms with Crippen LogP contribution in [0.15, 0.2) is 36.7 Å². The lowest BCUT2D eigenvalue weighted by molar-refractivity contribution is -0.132. The molecule has 3 rings (SSSR count). The minimum atomic E-state index is -0.731. The van der Waals surface area contributed by atoms with Gasteiger partial charge in [-0.15, -0.1) is 0 Å². The molecule has 5 nitrogen and oxygen atoms in total. The van der Waals surface area contributed by atoms with Crippen LogP contribution in [0.5, 0.6) is 5.75 Å². The summed E-state index contributed by atoms with van der Waals surface area (Å²) in [5.74, 6) is -1.29. The van der Waals surface area contributed by atoms with Crippen LogP contribution >= 0.6 is 0 Å². The predicted molar refractivity (Wildman–Crippen MR) is 88.0 cm³/mol. The molecule has 134 valence electrons. The van der Waals surface area contributed by atoms with Crippen LogP contribution in [0, 0.1) is 11.6 Å². The molecule has 0 aliphatic carbocycles. The minimum Gasteiger partial charge on any atom is -0.491 e. The Hall–Kier alpha value is -2.44. The fourth-order valence-electron chi connectivity index (χ4n) is 3.12. The zero-order chi connectivity index (χ0) is 17.6.